The van der Waals surface area contributed by atoms with Crippen molar-refractivity contribution in [3.63, 3.8) is 0 Å². The number of carbonyl (C=O) groups is 2. The number of thiophene rings is 1. The van der Waals surface area contributed by atoms with Crippen LogP contribution >= 0.6 is 11.3 Å². The predicted molar refractivity (Wildman–Crippen MR) is 162 cm³/mol. The van der Waals surface area contributed by atoms with Gasteiger partial charge in [0.25, 0.3) is 5.91 Å². The van der Waals surface area contributed by atoms with Gasteiger partial charge in [-0.05, 0) is 85.2 Å². The van der Waals surface area contributed by atoms with E-state index >= 15 is 0 Å². The van der Waals surface area contributed by atoms with Gasteiger partial charge in [0.1, 0.15) is 11.9 Å². The van der Waals surface area contributed by atoms with Crippen LogP contribution in [0.2, 0.25) is 0 Å². The highest BCUT2D eigenvalue weighted by Crippen LogP contribution is 2.30. The summed E-state index contributed by atoms with van der Waals surface area (Å²) >= 11 is 1.41. The Labute approximate surface area is 246 Å². The lowest BCUT2D eigenvalue weighted by Gasteiger charge is -2.29. The van der Waals surface area contributed by atoms with E-state index in [-0.39, 0.29) is 23.7 Å². The van der Waals surface area contributed by atoms with Crippen molar-refractivity contribution in [2.45, 2.75) is 57.2 Å². The van der Waals surface area contributed by atoms with Gasteiger partial charge in [0.05, 0.1) is 4.88 Å². The third-order valence-electron chi connectivity index (χ3n) is 8.71. The predicted octanol–water partition coefficient (Wildman–Crippen LogP) is 5.10. The van der Waals surface area contributed by atoms with Crippen LogP contribution in [0.25, 0.3) is 0 Å². The minimum Gasteiger partial charge on any atom is -0.354 e. The van der Waals surface area contributed by atoms with Crippen molar-refractivity contribution >= 4 is 23.2 Å². The zero-order chi connectivity index (χ0) is 28.6. The van der Waals surface area contributed by atoms with Crippen molar-refractivity contribution in [1.29, 1.82) is 0 Å². The molecule has 5 rings (SSSR count). The summed E-state index contributed by atoms with van der Waals surface area (Å²) in [4.78, 5) is 32.1. The normalized spacial score (nSPS) is 22.7. The highest BCUT2D eigenvalue weighted by molar-refractivity contribution is 7.12. The molecule has 218 valence electrons. The molecular formula is C33H41FN4O2S. The second-order valence-electron chi connectivity index (χ2n) is 11.6. The number of amides is 2. The van der Waals surface area contributed by atoms with Gasteiger partial charge in [-0.3, -0.25) is 14.5 Å². The van der Waals surface area contributed by atoms with E-state index in [0.29, 0.717) is 49.3 Å². The first-order valence-corrected chi connectivity index (χ1v) is 15.7. The van der Waals surface area contributed by atoms with E-state index in [0.717, 1.165) is 37.8 Å². The van der Waals surface area contributed by atoms with Gasteiger partial charge in [0.15, 0.2) is 0 Å². The molecule has 1 aliphatic heterocycles. The molecule has 2 aliphatic rings. The third kappa shape index (κ3) is 7.82. The van der Waals surface area contributed by atoms with E-state index in [1.165, 1.54) is 35.5 Å². The lowest BCUT2D eigenvalue weighted by molar-refractivity contribution is -0.125. The summed E-state index contributed by atoms with van der Waals surface area (Å²) in [6.45, 7) is 3.19. The van der Waals surface area contributed by atoms with Gasteiger partial charge in [-0.25, -0.2) is 4.39 Å². The number of likely N-dealkylation sites (tertiary alicyclic amines) is 1. The maximum absolute atomic E-state index is 13.7. The molecule has 3 N–H and O–H groups in total. The molecule has 2 amide bonds. The number of benzene rings is 2. The molecule has 3 aromatic rings. The lowest BCUT2D eigenvalue weighted by Crippen LogP contribution is -2.47. The summed E-state index contributed by atoms with van der Waals surface area (Å²) in [7, 11) is 0. The van der Waals surface area contributed by atoms with Crippen LogP contribution < -0.4 is 11.1 Å². The van der Waals surface area contributed by atoms with Gasteiger partial charge in [-0.1, -0.05) is 55.0 Å². The van der Waals surface area contributed by atoms with E-state index in [2.05, 4.69) is 22.3 Å². The molecule has 2 aromatic carbocycles. The molecule has 2 fully saturated rings. The Morgan fingerprint density at radius 1 is 0.976 bits per heavy atom. The largest absolute Gasteiger partial charge is 0.354 e. The summed E-state index contributed by atoms with van der Waals surface area (Å²) in [5.74, 6) is 0.542. The van der Waals surface area contributed by atoms with Crippen LogP contribution in [0.15, 0.2) is 72.1 Å². The zero-order valence-corrected chi connectivity index (χ0v) is 24.4. The number of nitrogens with one attached hydrogen (secondary N) is 1. The summed E-state index contributed by atoms with van der Waals surface area (Å²) in [6.07, 6.45) is 5.88. The Kier molecular flexibility index (Phi) is 10.2. The molecule has 41 heavy (non-hydrogen) atoms. The average molecular weight is 577 g/mol. The molecular weight excluding hydrogens is 535 g/mol. The molecule has 1 aromatic heterocycles. The maximum atomic E-state index is 13.7. The van der Waals surface area contributed by atoms with Crippen molar-refractivity contribution in [2.75, 3.05) is 26.2 Å². The molecule has 4 unspecified atom stereocenters. The smallest absolute Gasteiger partial charge is 0.264 e. The Balaban J connectivity index is 1.33. The standard InChI is InChI=1S/C33H41FN4O2S/c34-28-13-11-25(12-14-28)22-37(16-15-24-6-2-1-3-7-24)29-19-30(38(23-29)33(40)31-10-5-17-41-31)32(39)36-21-27-9-4-8-26(18-27)20-35/h1-3,5-7,10-14,17,26-27,29-30H,4,8-9,15-16,18-23,35H2,(H,36,39). The van der Waals surface area contributed by atoms with Gasteiger partial charge in [-0.2, -0.15) is 0 Å². The lowest BCUT2D eigenvalue weighted by atomic mass is 9.81. The fraction of sp³-hybridized carbons (Fsp3) is 0.455. The van der Waals surface area contributed by atoms with Gasteiger partial charge < -0.3 is 16.0 Å². The van der Waals surface area contributed by atoms with Crippen LogP contribution in [-0.2, 0) is 17.8 Å². The molecule has 6 nitrogen and oxygen atoms in total. The van der Waals surface area contributed by atoms with Gasteiger partial charge in [0, 0.05) is 32.2 Å². The van der Waals surface area contributed by atoms with E-state index in [1.807, 2.05) is 47.8 Å². The second-order valence-corrected chi connectivity index (χ2v) is 12.5. The minimum atomic E-state index is -0.532. The Hall–Kier alpha value is -3.07. The van der Waals surface area contributed by atoms with Crippen LogP contribution in [0.4, 0.5) is 4.39 Å². The highest BCUT2D eigenvalue weighted by atomic mass is 32.1. The number of nitrogens with zero attached hydrogens (tertiary/aromatic N) is 2. The number of hydrogen-bond donors (Lipinski definition) is 2. The molecule has 1 saturated carbocycles. The molecule has 1 saturated heterocycles. The molecule has 4 atom stereocenters. The van der Waals surface area contributed by atoms with Crippen molar-refractivity contribution in [3.05, 3.63) is 93.9 Å². The first-order valence-electron chi connectivity index (χ1n) is 14.8. The quantitative estimate of drug-likeness (QED) is 0.333. The molecule has 2 heterocycles. The summed E-state index contributed by atoms with van der Waals surface area (Å²) in [6, 6.07) is 20.1. The maximum Gasteiger partial charge on any atom is 0.264 e. The summed E-state index contributed by atoms with van der Waals surface area (Å²) in [5, 5.41) is 5.11. The number of halogens is 1. The number of rotatable bonds is 11. The topological polar surface area (TPSA) is 78.7 Å². The minimum absolute atomic E-state index is 0.000251. The fourth-order valence-electron chi connectivity index (χ4n) is 6.39. The highest BCUT2D eigenvalue weighted by Gasteiger charge is 2.42. The van der Waals surface area contributed by atoms with E-state index < -0.39 is 6.04 Å². The van der Waals surface area contributed by atoms with Crippen LogP contribution in [0.1, 0.15) is 52.9 Å². The monoisotopic (exact) mass is 576 g/mol. The van der Waals surface area contributed by atoms with Crippen molar-refractivity contribution < 1.29 is 14.0 Å². The fourth-order valence-corrected chi connectivity index (χ4v) is 7.07. The first kappa shape index (κ1) is 29.4. The van der Waals surface area contributed by atoms with Crippen molar-refractivity contribution in [2.24, 2.45) is 17.6 Å². The van der Waals surface area contributed by atoms with E-state index in [1.54, 1.807) is 4.90 Å². The van der Waals surface area contributed by atoms with Crippen LogP contribution in [0.3, 0.4) is 0 Å². The van der Waals surface area contributed by atoms with E-state index in [9.17, 15) is 14.0 Å². The Morgan fingerprint density at radius 3 is 2.49 bits per heavy atom. The van der Waals surface area contributed by atoms with Crippen LogP contribution in [0, 0.1) is 17.7 Å². The molecule has 0 spiro atoms. The summed E-state index contributed by atoms with van der Waals surface area (Å²) < 4.78 is 13.7. The molecule has 1 aliphatic carbocycles. The van der Waals surface area contributed by atoms with Gasteiger partial charge in [0.2, 0.25) is 5.91 Å². The van der Waals surface area contributed by atoms with Crippen LogP contribution in [-0.4, -0.2) is 59.9 Å². The second kappa shape index (κ2) is 14.2. The summed E-state index contributed by atoms with van der Waals surface area (Å²) in [5.41, 5.74) is 8.18. The first-order chi connectivity index (χ1) is 20.0. The van der Waals surface area contributed by atoms with Gasteiger partial charge in [-0.15, -0.1) is 11.3 Å². The zero-order valence-electron chi connectivity index (χ0n) is 23.6. The molecule has 0 radical (unpaired) electrons. The van der Waals surface area contributed by atoms with E-state index in [4.69, 9.17) is 5.73 Å². The van der Waals surface area contributed by atoms with Crippen molar-refractivity contribution in [1.82, 2.24) is 15.1 Å². The van der Waals surface area contributed by atoms with Crippen molar-refractivity contribution in [3.8, 4) is 0 Å². The molecule has 0 bridgehead atoms. The third-order valence-corrected chi connectivity index (χ3v) is 9.57. The number of hydrogen-bond acceptors (Lipinski definition) is 5. The average Bonchev–Trinajstić information content (AvgIpc) is 3.71. The van der Waals surface area contributed by atoms with Crippen LogP contribution in [0.5, 0.6) is 0 Å². The number of carbonyl (C=O) groups excluding carboxylic acids is 2. The Morgan fingerprint density at radius 2 is 1.76 bits per heavy atom. The Bertz CT molecular complexity index is 1250. The van der Waals surface area contributed by atoms with Gasteiger partial charge >= 0.3 is 0 Å². The molecule has 8 heteroatoms. The number of nitrogens with two attached hydrogens (primary N) is 1. The SMILES string of the molecule is NCC1CCCC(CNC(=O)C2CC(N(CCc3ccccc3)Cc3ccc(F)cc3)CN2C(=O)c2cccs2)C1.